The van der Waals surface area contributed by atoms with Crippen molar-refractivity contribution in [2.45, 2.75) is 20.5 Å². The molecule has 2 aromatic heterocycles. The van der Waals surface area contributed by atoms with Crippen molar-refractivity contribution in [3.05, 3.63) is 53.3 Å². The number of aryl methyl sites for hydroxylation is 2. The number of imidazole rings is 1. The summed E-state index contributed by atoms with van der Waals surface area (Å²) in [6, 6.07) is 9.92. The van der Waals surface area contributed by atoms with Crippen molar-refractivity contribution in [2.75, 3.05) is 7.11 Å². The molecule has 21 heavy (non-hydrogen) atoms. The maximum atomic E-state index is 9.74. The zero-order chi connectivity index (χ0) is 15.0. The first kappa shape index (κ1) is 13.6. The van der Waals surface area contributed by atoms with Gasteiger partial charge in [-0.2, -0.15) is 0 Å². The molecule has 3 rings (SSSR count). The molecule has 2 heterocycles. The van der Waals surface area contributed by atoms with Crippen molar-refractivity contribution >= 4 is 5.65 Å². The second kappa shape index (κ2) is 5.22. The van der Waals surface area contributed by atoms with Crippen molar-refractivity contribution in [3.8, 4) is 17.0 Å². The van der Waals surface area contributed by atoms with E-state index in [1.807, 2.05) is 54.8 Å². The molecule has 1 aromatic carbocycles. The van der Waals surface area contributed by atoms with Gasteiger partial charge in [-0.25, -0.2) is 4.98 Å². The fourth-order valence-corrected chi connectivity index (χ4v) is 2.61. The minimum Gasteiger partial charge on any atom is -0.496 e. The van der Waals surface area contributed by atoms with Gasteiger partial charge in [0.2, 0.25) is 0 Å². The van der Waals surface area contributed by atoms with Gasteiger partial charge in [-0.15, -0.1) is 0 Å². The summed E-state index contributed by atoms with van der Waals surface area (Å²) >= 11 is 0. The molecule has 108 valence electrons. The van der Waals surface area contributed by atoms with Crippen LogP contribution in [0.5, 0.6) is 5.75 Å². The minimum absolute atomic E-state index is 0.0506. The highest BCUT2D eigenvalue weighted by Gasteiger charge is 2.14. The van der Waals surface area contributed by atoms with Crippen LogP contribution in [0.1, 0.15) is 16.8 Å². The highest BCUT2D eigenvalue weighted by molar-refractivity contribution is 5.68. The third kappa shape index (κ3) is 2.28. The van der Waals surface area contributed by atoms with E-state index in [9.17, 15) is 5.11 Å². The van der Waals surface area contributed by atoms with Gasteiger partial charge in [-0.05, 0) is 49.2 Å². The molecule has 0 saturated heterocycles. The van der Waals surface area contributed by atoms with E-state index in [-0.39, 0.29) is 6.61 Å². The van der Waals surface area contributed by atoms with Gasteiger partial charge in [0.1, 0.15) is 11.4 Å². The number of aromatic nitrogens is 2. The largest absolute Gasteiger partial charge is 0.496 e. The van der Waals surface area contributed by atoms with Gasteiger partial charge in [0.05, 0.1) is 25.1 Å². The molecule has 0 unspecified atom stereocenters. The molecule has 3 aromatic rings. The van der Waals surface area contributed by atoms with Crippen LogP contribution >= 0.6 is 0 Å². The van der Waals surface area contributed by atoms with E-state index in [2.05, 4.69) is 4.98 Å². The molecule has 0 fully saturated rings. The maximum Gasteiger partial charge on any atom is 0.137 e. The van der Waals surface area contributed by atoms with Gasteiger partial charge in [0, 0.05) is 11.8 Å². The van der Waals surface area contributed by atoms with Crippen LogP contribution in [-0.2, 0) is 6.61 Å². The SMILES string of the molecule is COc1ccc(-c2nc3ccc(C)cn3c2CO)cc1C. The Labute approximate surface area is 123 Å². The zero-order valence-corrected chi connectivity index (χ0v) is 12.4. The lowest BCUT2D eigenvalue weighted by Crippen LogP contribution is -1.95. The Kier molecular flexibility index (Phi) is 3.39. The Bertz CT molecular complexity index is 806. The number of ether oxygens (including phenoxy) is 1. The molecule has 0 aliphatic carbocycles. The maximum absolute atomic E-state index is 9.74. The molecule has 0 atom stereocenters. The first-order chi connectivity index (χ1) is 10.1. The lowest BCUT2D eigenvalue weighted by Gasteiger charge is -2.07. The lowest BCUT2D eigenvalue weighted by molar-refractivity contribution is 0.276. The fourth-order valence-electron chi connectivity index (χ4n) is 2.61. The van der Waals surface area contributed by atoms with E-state index in [0.29, 0.717) is 0 Å². The Morgan fingerprint density at radius 1 is 1.19 bits per heavy atom. The molecule has 4 nitrogen and oxygen atoms in total. The standard InChI is InChI=1S/C17H18N2O2/c1-11-4-7-16-18-17(14(10-20)19(16)9-11)13-5-6-15(21-3)12(2)8-13/h4-9,20H,10H2,1-3H3. The molecule has 0 aliphatic rings. The Balaban J connectivity index is 2.22. The number of hydrogen-bond acceptors (Lipinski definition) is 3. The van der Waals surface area contributed by atoms with Gasteiger partial charge in [-0.3, -0.25) is 0 Å². The summed E-state index contributed by atoms with van der Waals surface area (Å²) in [4.78, 5) is 4.65. The Morgan fingerprint density at radius 2 is 2.00 bits per heavy atom. The number of rotatable bonds is 3. The normalized spacial score (nSPS) is 11.0. The molecule has 0 spiro atoms. The van der Waals surface area contributed by atoms with E-state index in [1.165, 1.54) is 0 Å². The average Bonchev–Trinajstić information content (AvgIpc) is 2.84. The first-order valence-corrected chi connectivity index (χ1v) is 6.87. The number of nitrogens with zero attached hydrogens (tertiary/aromatic N) is 2. The summed E-state index contributed by atoms with van der Waals surface area (Å²) in [5, 5.41) is 9.74. The number of methoxy groups -OCH3 is 1. The van der Waals surface area contributed by atoms with E-state index >= 15 is 0 Å². The molecule has 0 radical (unpaired) electrons. The first-order valence-electron chi connectivity index (χ1n) is 6.87. The Morgan fingerprint density at radius 3 is 2.67 bits per heavy atom. The summed E-state index contributed by atoms with van der Waals surface area (Å²) < 4.78 is 7.24. The average molecular weight is 282 g/mol. The van der Waals surface area contributed by atoms with Crippen molar-refractivity contribution in [3.63, 3.8) is 0 Å². The third-order valence-corrected chi connectivity index (χ3v) is 3.68. The summed E-state index contributed by atoms with van der Waals surface area (Å²) in [7, 11) is 1.66. The predicted octanol–water partition coefficient (Wildman–Crippen LogP) is 3.12. The second-order valence-corrected chi connectivity index (χ2v) is 5.18. The Hall–Kier alpha value is -2.33. The summed E-state index contributed by atoms with van der Waals surface area (Å²) in [5.41, 5.74) is 5.62. The summed E-state index contributed by atoms with van der Waals surface area (Å²) in [6.45, 7) is 3.98. The van der Waals surface area contributed by atoms with Gasteiger partial charge < -0.3 is 14.2 Å². The summed E-state index contributed by atoms with van der Waals surface area (Å²) in [6.07, 6.45) is 1.99. The lowest BCUT2D eigenvalue weighted by atomic mass is 10.1. The molecular formula is C17H18N2O2. The highest BCUT2D eigenvalue weighted by atomic mass is 16.5. The van der Waals surface area contributed by atoms with Gasteiger partial charge in [0.25, 0.3) is 0 Å². The van der Waals surface area contributed by atoms with Crippen LogP contribution in [0, 0.1) is 13.8 Å². The van der Waals surface area contributed by atoms with Crippen molar-refractivity contribution in [1.29, 1.82) is 0 Å². The minimum atomic E-state index is -0.0506. The van der Waals surface area contributed by atoms with Crippen LogP contribution in [0.4, 0.5) is 0 Å². The van der Waals surface area contributed by atoms with Crippen LogP contribution in [0.25, 0.3) is 16.9 Å². The summed E-state index contributed by atoms with van der Waals surface area (Å²) in [5.74, 6) is 0.851. The van der Waals surface area contributed by atoms with E-state index in [1.54, 1.807) is 7.11 Å². The number of benzene rings is 1. The topological polar surface area (TPSA) is 46.8 Å². The van der Waals surface area contributed by atoms with E-state index in [4.69, 9.17) is 4.74 Å². The number of hydrogen-bond donors (Lipinski definition) is 1. The molecular weight excluding hydrogens is 264 g/mol. The van der Waals surface area contributed by atoms with Crippen molar-refractivity contribution in [2.24, 2.45) is 0 Å². The second-order valence-electron chi connectivity index (χ2n) is 5.18. The van der Waals surface area contributed by atoms with Gasteiger partial charge in [-0.1, -0.05) is 6.07 Å². The molecule has 1 N–H and O–H groups in total. The molecule has 0 bridgehead atoms. The number of fused-ring (bicyclic) bond motifs is 1. The monoisotopic (exact) mass is 282 g/mol. The van der Waals surface area contributed by atoms with Crippen molar-refractivity contribution in [1.82, 2.24) is 9.38 Å². The van der Waals surface area contributed by atoms with E-state index in [0.717, 1.165) is 39.5 Å². The van der Waals surface area contributed by atoms with Gasteiger partial charge in [0.15, 0.2) is 0 Å². The molecule has 4 heteroatoms. The quantitative estimate of drug-likeness (QED) is 0.803. The number of aliphatic hydroxyl groups is 1. The number of pyridine rings is 1. The van der Waals surface area contributed by atoms with Crippen LogP contribution in [-0.4, -0.2) is 21.6 Å². The zero-order valence-electron chi connectivity index (χ0n) is 12.4. The molecule has 0 saturated carbocycles. The van der Waals surface area contributed by atoms with Crippen molar-refractivity contribution < 1.29 is 9.84 Å². The third-order valence-electron chi connectivity index (χ3n) is 3.68. The van der Waals surface area contributed by atoms with Crippen LogP contribution in [0.2, 0.25) is 0 Å². The highest BCUT2D eigenvalue weighted by Crippen LogP contribution is 2.29. The van der Waals surface area contributed by atoms with Gasteiger partial charge >= 0.3 is 0 Å². The smallest absolute Gasteiger partial charge is 0.137 e. The molecule has 0 aliphatic heterocycles. The van der Waals surface area contributed by atoms with Crippen LogP contribution in [0.15, 0.2) is 36.5 Å². The van der Waals surface area contributed by atoms with E-state index < -0.39 is 0 Å². The molecule has 0 amide bonds. The van der Waals surface area contributed by atoms with Crippen LogP contribution < -0.4 is 4.74 Å². The van der Waals surface area contributed by atoms with Crippen LogP contribution in [0.3, 0.4) is 0 Å². The number of aliphatic hydroxyl groups excluding tert-OH is 1. The predicted molar refractivity (Wildman–Crippen MR) is 82.6 cm³/mol. The fraction of sp³-hybridized carbons (Fsp3) is 0.235.